The van der Waals surface area contributed by atoms with Gasteiger partial charge in [-0.3, -0.25) is 4.90 Å². The van der Waals surface area contributed by atoms with E-state index in [9.17, 15) is 0 Å². The van der Waals surface area contributed by atoms with Crippen LogP contribution in [0.5, 0.6) is 0 Å². The maximum absolute atomic E-state index is 5.92. The number of ether oxygens (including phenoxy) is 1. The Morgan fingerprint density at radius 3 is 2.10 bits per heavy atom. The summed E-state index contributed by atoms with van der Waals surface area (Å²) < 4.78 is 5.92. The minimum absolute atomic E-state index is 0. The number of rotatable bonds is 9. The third kappa shape index (κ3) is 9.26. The molecule has 42 heavy (non-hydrogen) atoms. The number of fused-ring (bicyclic) bond motifs is 5. The van der Waals surface area contributed by atoms with E-state index in [0.29, 0.717) is 5.41 Å². The first-order valence-electron chi connectivity index (χ1n) is 17.3. The average molecular weight is 706 g/mol. The molecule has 4 aliphatic carbocycles. The number of hydrogen-bond acceptors (Lipinski definition) is 2. The Kier molecular flexibility index (Phi) is 16.5. The first-order valence-corrected chi connectivity index (χ1v) is 23.6. The van der Waals surface area contributed by atoms with Crippen LogP contribution in [0.4, 0.5) is 0 Å². The monoisotopic (exact) mass is 703 g/mol. The van der Waals surface area contributed by atoms with Crippen molar-refractivity contribution < 1.29 is 25.6 Å². The van der Waals surface area contributed by atoms with Crippen molar-refractivity contribution in [1.29, 1.82) is 0 Å². The molecule has 10 atom stereocenters. The summed E-state index contributed by atoms with van der Waals surface area (Å²) in [6.07, 6.45) is 22.0. The van der Waals surface area contributed by atoms with E-state index in [0.717, 1.165) is 66.0 Å². The summed E-state index contributed by atoms with van der Waals surface area (Å²) in [6, 6.07) is 1.81. The molecule has 5 heteroatoms. The first kappa shape index (κ1) is 39.6. The summed E-state index contributed by atoms with van der Waals surface area (Å²) >= 11 is -0.826. The van der Waals surface area contributed by atoms with E-state index in [1.807, 2.05) is 0 Å². The van der Waals surface area contributed by atoms with Crippen LogP contribution in [-0.2, 0) is 25.6 Å². The van der Waals surface area contributed by atoms with Crippen molar-refractivity contribution in [2.75, 3.05) is 13.7 Å². The zero-order valence-electron chi connectivity index (χ0n) is 29.2. The fourth-order valence-electron chi connectivity index (χ4n) is 11.1. The van der Waals surface area contributed by atoms with Crippen LogP contribution >= 0.6 is 17.0 Å². The van der Waals surface area contributed by atoms with Crippen LogP contribution in [-0.4, -0.2) is 36.2 Å². The van der Waals surface area contributed by atoms with Crippen LogP contribution in [0.25, 0.3) is 0 Å². The van der Waals surface area contributed by atoms with Crippen LogP contribution < -0.4 is 0 Å². The molecule has 2 nitrogen and oxygen atoms in total. The van der Waals surface area contributed by atoms with Crippen LogP contribution in [0.15, 0.2) is 0 Å². The SMILES string of the molecule is CC1CCC2C(C1)C1C(C3CCCCC3C1C(C)(C)C1CCC(CCCCCCOC(C)(C)C)C1)N2C.[CH3-].[CH3-].[Cl][Zr+2][Cl]. The molecule has 0 radical (unpaired) electrons. The first-order chi connectivity index (χ1) is 19.0. The van der Waals surface area contributed by atoms with Gasteiger partial charge < -0.3 is 19.6 Å². The van der Waals surface area contributed by atoms with Crippen LogP contribution in [0.2, 0.25) is 0 Å². The summed E-state index contributed by atoms with van der Waals surface area (Å²) in [7, 11) is 12.4. The maximum atomic E-state index is 5.92. The second-order valence-corrected chi connectivity index (χ2v) is 20.2. The second-order valence-electron chi connectivity index (χ2n) is 16.5. The van der Waals surface area contributed by atoms with Crippen molar-refractivity contribution in [3.8, 4) is 0 Å². The molecule has 0 aromatic rings. The van der Waals surface area contributed by atoms with Crippen molar-refractivity contribution in [2.24, 2.45) is 52.8 Å². The van der Waals surface area contributed by atoms with Gasteiger partial charge in [-0.05, 0) is 132 Å². The molecular weight excluding hydrogens is 637 g/mol. The molecular formula is C37H69Cl2NOZr. The zero-order valence-corrected chi connectivity index (χ0v) is 33.2. The summed E-state index contributed by atoms with van der Waals surface area (Å²) in [5.41, 5.74) is 0.543. The van der Waals surface area contributed by atoms with E-state index in [4.69, 9.17) is 21.8 Å². The number of nitrogens with zero attached hydrogens (tertiary/aromatic N) is 1. The molecule has 5 rings (SSSR count). The van der Waals surface area contributed by atoms with E-state index in [-0.39, 0.29) is 20.5 Å². The van der Waals surface area contributed by atoms with Gasteiger partial charge in [-0.15, -0.1) is 0 Å². The van der Waals surface area contributed by atoms with Gasteiger partial charge in [-0.2, -0.15) is 0 Å². The van der Waals surface area contributed by atoms with Gasteiger partial charge in [0.15, 0.2) is 0 Å². The molecule has 0 bridgehead atoms. The Balaban J connectivity index is 0.00000118. The van der Waals surface area contributed by atoms with Gasteiger partial charge in [0.1, 0.15) is 0 Å². The Labute approximate surface area is 282 Å². The number of likely N-dealkylation sites (tertiary alicyclic amines) is 1. The third-order valence-corrected chi connectivity index (χ3v) is 12.7. The minimum atomic E-state index is -0.826. The summed E-state index contributed by atoms with van der Waals surface area (Å²) in [4.78, 5) is 2.98. The van der Waals surface area contributed by atoms with Gasteiger partial charge in [-0.25, -0.2) is 0 Å². The molecule has 5 aliphatic rings. The topological polar surface area (TPSA) is 12.5 Å². The molecule has 1 heterocycles. The summed E-state index contributed by atoms with van der Waals surface area (Å²) in [6.45, 7) is 15.6. The van der Waals surface area contributed by atoms with E-state index < -0.39 is 20.8 Å². The molecule has 0 amide bonds. The molecule has 0 N–H and O–H groups in total. The third-order valence-electron chi connectivity index (χ3n) is 12.7. The fourth-order valence-corrected chi connectivity index (χ4v) is 11.1. The van der Waals surface area contributed by atoms with Crippen molar-refractivity contribution in [1.82, 2.24) is 4.90 Å². The van der Waals surface area contributed by atoms with Crippen molar-refractivity contribution in [3.05, 3.63) is 14.9 Å². The van der Waals surface area contributed by atoms with Crippen LogP contribution in [0.1, 0.15) is 138 Å². The molecule has 0 aromatic carbocycles. The quantitative estimate of drug-likeness (QED) is 0.175. The number of unbranched alkanes of at least 4 members (excludes halogenated alkanes) is 3. The Hall–Kier alpha value is 1.38. The molecule has 0 aromatic heterocycles. The van der Waals surface area contributed by atoms with Gasteiger partial charge in [0.05, 0.1) is 5.60 Å². The molecule has 1 aliphatic heterocycles. The van der Waals surface area contributed by atoms with Gasteiger partial charge in [-0.1, -0.05) is 65.7 Å². The number of hydrogen-bond donors (Lipinski definition) is 0. The van der Waals surface area contributed by atoms with Crippen LogP contribution in [0, 0.1) is 67.6 Å². The zero-order chi connectivity index (χ0) is 29.1. The molecule has 5 fully saturated rings. The van der Waals surface area contributed by atoms with E-state index >= 15 is 0 Å². The molecule has 246 valence electrons. The van der Waals surface area contributed by atoms with E-state index in [1.165, 1.54) is 89.9 Å². The average Bonchev–Trinajstić information content (AvgIpc) is 3.57. The molecule has 4 saturated carbocycles. The van der Waals surface area contributed by atoms with Gasteiger partial charge in [0.25, 0.3) is 0 Å². The Morgan fingerprint density at radius 1 is 0.786 bits per heavy atom. The van der Waals surface area contributed by atoms with Gasteiger partial charge in [0.2, 0.25) is 0 Å². The van der Waals surface area contributed by atoms with Crippen LogP contribution in [0.3, 0.4) is 0 Å². The van der Waals surface area contributed by atoms with Gasteiger partial charge >= 0.3 is 37.9 Å². The van der Waals surface area contributed by atoms with Crippen molar-refractivity contribution >= 4 is 17.0 Å². The van der Waals surface area contributed by atoms with E-state index in [2.05, 4.69) is 53.5 Å². The molecule has 0 spiro atoms. The van der Waals surface area contributed by atoms with Crippen molar-refractivity contribution in [2.45, 2.75) is 156 Å². The molecule has 10 unspecified atom stereocenters. The molecule has 1 saturated heterocycles. The normalized spacial score (nSPS) is 37.7. The summed E-state index contributed by atoms with van der Waals surface area (Å²) in [5, 5.41) is 0. The predicted molar refractivity (Wildman–Crippen MR) is 182 cm³/mol. The number of halogens is 2. The Morgan fingerprint density at radius 2 is 1.43 bits per heavy atom. The second kappa shape index (κ2) is 17.5. The van der Waals surface area contributed by atoms with E-state index in [1.54, 1.807) is 6.42 Å². The van der Waals surface area contributed by atoms with Crippen molar-refractivity contribution in [3.63, 3.8) is 0 Å². The Bertz CT molecular complexity index is 771. The predicted octanol–water partition coefficient (Wildman–Crippen LogP) is 11.6. The standard InChI is InChI=1S/C35H63NO.2CH3.2ClH.Zr/c1-24-17-20-30-29(22-24)31-32(27-15-11-12-16-28(27)33(31)36(30)7)35(5,6)26-19-18-25(23-26)14-10-8-9-13-21-37-34(2,3)4;;;;;/h24-33H,8-23H2,1-7H3;2*1H3;2*1H;/q;2*-1;;;+4/p-2. The fraction of sp³-hybridized carbons (Fsp3) is 0.946. The summed E-state index contributed by atoms with van der Waals surface area (Å²) in [5.74, 6) is 7.93. The van der Waals surface area contributed by atoms with Gasteiger partial charge in [0, 0.05) is 18.7 Å².